The minimum Gasteiger partial charge on any atom is -0.345 e. The first-order valence-corrected chi connectivity index (χ1v) is 6.80. The minimum atomic E-state index is 0.679. The van der Waals surface area contributed by atoms with E-state index >= 15 is 0 Å². The Morgan fingerprint density at radius 2 is 2.25 bits per heavy atom. The zero-order chi connectivity index (χ0) is 13.5. The molecule has 0 saturated carbocycles. The van der Waals surface area contributed by atoms with Gasteiger partial charge in [0.1, 0.15) is 23.3 Å². The van der Waals surface area contributed by atoms with Crippen LogP contribution in [0, 0.1) is 11.3 Å². The fourth-order valence-corrected chi connectivity index (χ4v) is 2.88. The fraction of sp³-hybridized carbons (Fsp3) is 0.267. The second-order valence-corrected chi connectivity index (χ2v) is 5.08. The molecular weight excluding hydrogens is 250 g/mol. The molecule has 5 heteroatoms. The molecule has 3 aromatic rings. The van der Waals surface area contributed by atoms with Crippen LogP contribution in [0.2, 0.25) is 0 Å². The minimum absolute atomic E-state index is 0.679. The predicted molar refractivity (Wildman–Crippen MR) is 75.0 cm³/mol. The summed E-state index contributed by atoms with van der Waals surface area (Å²) in [6, 6.07) is 8.27. The highest BCUT2D eigenvalue weighted by molar-refractivity contribution is 5.81. The van der Waals surface area contributed by atoms with Crippen LogP contribution in [0.4, 0.5) is 0 Å². The molecule has 0 radical (unpaired) electrons. The number of rotatable bonds is 1. The lowest BCUT2D eigenvalue weighted by Crippen LogP contribution is -2.11. The molecule has 0 aliphatic carbocycles. The lowest BCUT2D eigenvalue weighted by Gasteiger charge is -2.13. The number of imidazole rings is 2. The molecule has 1 aromatic carbocycles. The van der Waals surface area contributed by atoms with Crippen LogP contribution >= 0.6 is 0 Å². The maximum atomic E-state index is 9.47. The van der Waals surface area contributed by atoms with Crippen molar-refractivity contribution in [3.8, 4) is 17.3 Å². The summed E-state index contributed by atoms with van der Waals surface area (Å²) in [5.74, 6) is 1.03. The van der Waals surface area contributed by atoms with Crippen molar-refractivity contribution < 1.29 is 0 Å². The van der Waals surface area contributed by atoms with E-state index in [1.54, 1.807) is 6.33 Å². The maximum absolute atomic E-state index is 9.47. The normalized spacial score (nSPS) is 14.2. The summed E-state index contributed by atoms with van der Waals surface area (Å²) in [7, 11) is 0. The van der Waals surface area contributed by atoms with Gasteiger partial charge in [0.05, 0.1) is 17.4 Å². The van der Waals surface area contributed by atoms with Crippen LogP contribution in [0.3, 0.4) is 0 Å². The number of nitrogens with zero attached hydrogens (tertiary/aromatic N) is 4. The number of nitriles is 1. The summed E-state index contributed by atoms with van der Waals surface area (Å²) < 4.78 is 2.07. The van der Waals surface area contributed by atoms with E-state index < -0.39 is 0 Å². The Kier molecular flexibility index (Phi) is 2.36. The Morgan fingerprint density at radius 1 is 1.30 bits per heavy atom. The lowest BCUT2D eigenvalue weighted by molar-refractivity contribution is 0.519. The van der Waals surface area contributed by atoms with Crippen LogP contribution in [-0.2, 0) is 13.0 Å². The van der Waals surface area contributed by atoms with Gasteiger partial charge in [-0.05, 0) is 25.0 Å². The number of aromatic nitrogens is 4. The quantitative estimate of drug-likeness (QED) is 0.733. The largest absolute Gasteiger partial charge is 0.345 e. The Balaban J connectivity index is 1.93. The van der Waals surface area contributed by atoms with Crippen molar-refractivity contribution in [1.29, 1.82) is 5.26 Å². The van der Waals surface area contributed by atoms with Crippen molar-refractivity contribution in [2.24, 2.45) is 0 Å². The van der Waals surface area contributed by atoms with Gasteiger partial charge >= 0.3 is 0 Å². The molecule has 0 bridgehead atoms. The average molecular weight is 263 g/mol. The van der Waals surface area contributed by atoms with E-state index in [1.165, 1.54) is 0 Å². The number of hydrogen-bond donors (Lipinski definition) is 1. The first-order valence-electron chi connectivity index (χ1n) is 6.80. The second kappa shape index (κ2) is 4.20. The highest BCUT2D eigenvalue weighted by Gasteiger charge is 2.20. The summed E-state index contributed by atoms with van der Waals surface area (Å²) in [6.45, 7) is 0.900. The van der Waals surface area contributed by atoms with Gasteiger partial charge in [-0.25, -0.2) is 9.97 Å². The standard InChI is InChI=1S/C15H13N5/c16-8-13-15(19-14-3-1-2-6-20(13)14)10-4-5-11-12(7-10)18-9-17-11/h4-5,7,9H,1-3,6H2,(H,17,18). The Bertz CT molecular complexity index is 834. The number of H-pyrrole nitrogens is 1. The van der Waals surface area contributed by atoms with Gasteiger partial charge in [-0.2, -0.15) is 5.26 Å². The van der Waals surface area contributed by atoms with Crippen LogP contribution < -0.4 is 0 Å². The van der Waals surface area contributed by atoms with E-state index in [1.807, 2.05) is 18.2 Å². The Hall–Kier alpha value is -2.61. The molecule has 0 fully saturated rings. The van der Waals surface area contributed by atoms with E-state index in [4.69, 9.17) is 0 Å². The van der Waals surface area contributed by atoms with Gasteiger partial charge in [-0.1, -0.05) is 6.07 Å². The van der Waals surface area contributed by atoms with E-state index in [0.717, 1.165) is 53.9 Å². The molecule has 98 valence electrons. The molecule has 1 aliphatic heterocycles. The lowest BCUT2D eigenvalue weighted by atomic mass is 10.1. The van der Waals surface area contributed by atoms with Crippen molar-refractivity contribution >= 4 is 11.0 Å². The SMILES string of the molecule is N#Cc1c(-c2ccc3nc[nH]c3c2)nc2n1CCCC2. The highest BCUT2D eigenvalue weighted by atomic mass is 15.1. The molecule has 0 spiro atoms. The van der Waals surface area contributed by atoms with E-state index in [0.29, 0.717) is 5.69 Å². The van der Waals surface area contributed by atoms with Gasteiger partial charge < -0.3 is 9.55 Å². The zero-order valence-electron chi connectivity index (χ0n) is 10.9. The number of nitrogens with one attached hydrogen (secondary N) is 1. The Labute approximate surface area is 115 Å². The smallest absolute Gasteiger partial charge is 0.148 e. The summed E-state index contributed by atoms with van der Waals surface area (Å²) in [5.41, 5.74) is 4.34. The Morgan fingerprint density at radius 3 is 3.15 bits per heavy atom. The van der Waals surface area contributed by atoms with Crippen LogP contribution in [0.15, 0.2) is 24.5 Å². The third-order valence-corrected chi connectivity index (χ3v) is 3.88. The van der Waals surface area contributed by atoms with Crippen LogP contribution in [0.25, 0.3) is 22.3 Å². The van der Waals surface area contributed by atoms with Crippen molar-refractivity contribution in [1.82, 2.24) is 19.5 Å². The van der Waals surface area contributed by atoms with E-state index in [9.17, 15) is 5.26 Å². The van der Waals surface area contributed by atoms with Crippen LogP contribution in [0.1, 0.15) is 24.4 Å². The molecular formula is C15H13N5. The van der Waals surface area contributed by atoms with Gasteiger partial charge in [0, 0.05) is 18.5 Å². The summed E-state index contributed by atoms with van der Waals surface area (Å²) in [4.78, 5) is 12.0. The number of fused-ring (bicyclic) bond motifs is 2. The average Bonchev–Trinajstić information content (AvgIpc) is 3.10. The molecule has 0 unspecified atom stereocenters. The highest BCUT2D eigenvalue weighted by Crippen LogP contribution is 2.28. The third kappa shape index (κ3) is 1.55. The molecule has 20 heavy (non-hydrogen) atoms. The number of hydrogen-bond acceptors (Lipinski definition) is 3. The van der Waals surface area contributed by atoms with Gasteiger partial charge in [0.25, 0.3) is 0 Å². The first kappa shape index (κ1) is 11.2. The van der Waals surface area contributed by atoms with E-state index in [-0.39, 0.29) is 0 Å². The number of aryl methyl sites for hydroxylation is 1. The second-order valence-electron chi connectivity index (χ2n) is 5.08. The van der Waals surface area contributed by atoms with Gasteiger partial charge in [0.2, 0.25) is 0 Å². The van der Waals surface area contributed by atoms with Gasteiger partial charge in [-0.3, -0.25) is 0 Å². The summed E-state index contributed by atoms with van der Waals surface area (Å²) >= 11 is 0. The van der Waals surface area contributed by atoms with Gasteiger partial charge in [0.15, 0.2) is 0 Å². The third-order valence-electron chi connectivity index (χ3n) is 3.88. The number of aromatic amines is 1. The van der Waals surface area contributed by atoms with Gasteiger partial charge in [-0.15, -0.1) is 0 Å². The van der Waals surface area contributed by atoms with Crippen molar-refractivity contribution in [3.63, 3.8) is 0 Å². The molecule has 0 saturated heterocycles. The fourth-order valence-electron chi connectivity index (χ4n) is 2.88. The predicted octanol–water partition coefficient (Wildman–Crippen LogP) is 2.63. The summed E-state index contributed by atoms with van der Waals surface area (Å²) in [6.07, 6.45) is 4.91. The maximum Gasteiger partial charge on any atom is 0.148 e. The van der Waals surface area contributed by atoms with Crippen molar-refractivity contribution in [2.75, 3.05) is 0 Å². The molecule has 2 aromatic heterocycles. The van der Waals surface area contributed by atoms with E-state index in [2.05, 4.69) is 25.6 Å². The summed E-state index contributed by atoms with van der Waals surface area (Å²) in [5, 5.41) is 9.47. The molecule has 0 amide bonds. The molecule has 5 nitrogen and oxygen atoms in total. The monoisotopic (exact) mass is 263 g/mol. The molecule has 3 heterocycles. The van der Waals surface area contributed by atoms with Crippen molar-refractivity contribution in [3.05, 3.63) is 36.0 Å². The molecule has 1 aliphatic rings. The number of benzene rings is 1. The first-order chi connectivity index (χ1) is 9.86. The van der Waals surface area contributed by atoms with Crippen LogP contribution in [0.5, 0.6) is 0 Å². The molecule has 4 rings (SSSR count). The van der Waals surface area contributed by atoms with Crippen molar-refractivity contribution in [2.45, 2.75) is 25.8 Å². The molecule has 0 atom stereocenters. The molecule has 1 N–H and O–H groups in total. The van der Waals surface area contributed by atoms with Crippen LogP contribution in [-0.4, -0.2) is 19.5 Å². The topological polar surface area (TPSA) is 70.3 Å². The zero-order valence-corrected chi connectivity index (χ0v) is 10.9.